The maximum absolute atomic E-state index is 12.4. The van der Waals surface area contributed by atoms with Gasteiger partial charge in [-0.1, -0.05) is 51.5 Å². The number of esters is 1. The lowest BCUT2D eigenvalue weighted by atomic mass is 10.1. The second-order valence-electron chi connectivity index (χ2n) is 5.46. The van der Waals surface area contributed by atoms with E-state index in [1.165, 1.54) is 6.08 Å². The van der Waals surface area contributed by atoms with E-state index in [1.807, 2.05) is 13.8 Å². The van der Waals surface area contributed by atoms with Crippen LogP contribution in [0, 0.1) is 0 Å². The van der Waals surface area contributed by atoms with Gasteiger partial charge in [-0.15, -0.1) is 0 Å². The highest BCUT2D eigenvalue weighted by atomic mass is 16.5. The molecule has 0 heterocycles. The van der Waals surface area contributed by atoms with Crippen LogP contribution in [0.15, 0.2) is 37.0 Å². The molecule has 2 amide bonds. The molecule has 7 heteroatoms. The zero-order valence-corrected chi connectivity index (χ0v) is 15.3. The average Bonchev–Trinajstić information content (AvgIpc) is 2.59. The van der Waals surface area contributed by atoms with Crippen molar-refractivity contribution in [1.82, 2.24) is 4.90 Å². The third-order valence-corrected chi connectivity index (χ3v) is 3.23. The van der Waals surface area contributed by atoms with Gasteiger partial charge in [0.2, 0.25) is 0 Å². The largest absolute Gasteiger partial charge is 0.480 e. The number of hydrogen-bond donors (Lipinski definition) is 1. The molecule has 0 spiro atoms. The third-order valence-electron chi connectivity index (χ3n) is 3.23. The van der Waals surface area contributed by atoms with Crippen molar-refractivity contribution in [3.05, 3.63) is 37.0 Å². The van der Waals surface area contributed by atoms with E-state index in [2.05, 4.69) is 6.58 Å². The Bertz CT molecular complexity index is 536. The standard InChI is InChI=1S/C19H27NO6/c1-4-7-9-11-16(21)20(17(22)12-10-8-5-2)15(19(24)25)14-18(23)26-13-6-3/h6,9-12,15H,3-5,7-8,13-14H2,1-2H3,(H,24,25)/b11-9+,12-10+. The highest BCUT2D eigenvalue weighted by molar-refractivity contribution is 6.08. The number of aliphatic carboxylic acids is 1. The van der Waals surface area contributed by atoms with Crippen LogP contribution in [0.1, 0.15) is 46.0 Å². The highest BCUT2D eigenvalue weighted by Crippen LogP contribution is 2.11. The molecule has 0 bridgehead atoms. The van der Waals surface area contributed by atoms with E-state index in [1.54, 1.807) is 12.2 Å². The zero-order chi connectivity index (χ0) is 19.9. The van der Waals surface area contributed by atoms with E-state index in [-0.39, 0.29) is 6.61 Å². The molecule has 0 aromatic heterocycles. The fraction of sp³-hybridized carbons (Fsp3) is 0.474. The first kappa shape index (κ1) is 23.3. The summed E-state index contributed by atoms with van der Waals surface area (Å²) in [5, 5.41) is 9.44. The summed E-state index contributed by atoms with van der Waals surface area (Å²) in [5.74, 6) is -3.87. The van der Waals surface area contributed by atoms with Gasteiger partial charge in [0.25, 0.3) is 11.8 Å². The van der Waals surface area contributed by atoms with E-state index in [9.17, 15) is 24.3 Å². The Balaban J connectivity index is 5.54. The lowest BCUT2D eigenvalue weighted by Crippen LogP contribution is -2.48. The first-order valence-electron chi connectivity index (χ1n) is 8.58. The summed E-state index contributed by atoms with van der Waals surface area (Å²) in [6.45, 7) is 7.14. The molecule has 0 fully saturated rings. The monoisotopic (exact) mass is 365 g/mol. The van der Waals surface area contributed by atoms with Gasteiger partial charge in [-0.25, -0.2) is 4.79 Å². The third kappa shape index (κ3) is 8.96. The molecule has 0 aliphatic rings. The Morgan fingerprint density at radius 3 is 1.92 bits per heavy atom. The number of hydrogen-bond acceptors (Lipinski definition) is 5. The van der Waals surface area contributed by atoms with E-state index in [0.717, 1.165) is 25.0 Å². The molecule has 0 aliphatic heterocycles. The van der Waals surface area contributed by atoms with Gasteiger partial charge in [-0.3, -0.25) is 19.3 Å². The van der Waals surface area contributed by atoms with Crippen LogP contribution in [0.5, 0.6) is 0 Å². The lowest BCUT2D eigenvalue weighted by molar-refractivity contribution is -0.158. The van der Waals surface area contributed by atoms with Crippen LogP contribution in [-0.2, 0) is 23.9 Å². The minimum absolute atomic E-state index is 0.0835. The van der Waals surface area contributed by atoms with Gasteiger partial charge in [0.15, 0.2) is 0 Å². The summed E-state index contributed by atoms with van der Waals surface area (Å²) in [7, 11) is 0. The van der Waals surface area contributed by atoms with Crippen molar-refractivity contribution in [3.63, 3.8) is 0 Å². The van der Waals surface area contributed by atoms with E-state index >= 15 is 0 Å². The Labute approximate surface area is 154 Å². The highest BCUT2D eigenvalue weighted by Gasteiger charge is 2.35. The van der Waals surface area contributed by atoms with Crippen molar-refractivity contribution in [2.45, 2.75) is 52.0 Å². The molecular formula is C19H27NO6. The Hall–Kier alpha value is -2.70. The number of rotatable bonds is 12. The van der Waals surface area contributed by atoms with Crippen molar-refractivity contribution in [1.29, 1.82) is 0 Å². The predicted molar refractivity (Wildman–Crippen MR) is 97.1 cm³/mol. The SMILES string of the molecule is C=CCOC(=O)CC(C(=O)O)N(C(=O)/C=C/CCC)C(=O)/C=C/CCC. The van der Waals surface area contributed by atoms with Crippen molar-refractivity contribution in [2.24, 2.45) is 0 Å². The molecule has 0 aliphatic carbocycles. The van der Waals surface area contributed by atoms with Crippen LogP contribution in [-0.4, -0.2) is 46.4 Å². The van der Waals surface area contributed by atoms with Crippen molar-refractivity contribution >= 4 is 23.8 Å². The van der Waals surface area contributed by atoms with Gasteiger partial charge in [0.1, 0.15) is 12.6 Å². The number of carbonyl (C=O) groups is 4. The lowest BCUT2D eigenvalue weighted by Gasteiger charge is -2.24. The normalized spacial score (nSPS) is 12.1. The van der Waals surface area contributed by atoms with Crippen LogP contribution in [0.2, 0.25) is 0 Å². The Morgan fingerprint density at radius 2 is 1.54 bits per heavy atom. The fourth-order valence-corrected chi connectivity index (χ4v) is 1.94. The first-order chi connectivity index (χ1) is 12.4. The molecule has 0 aromatic carbocycles. The van der Waals surface area contributed by atoms with Gasteiger partial charge >= 0.3 is 11.9 Å². The number of unbranched alkanes of at least 4 members (excludes halogenated alkanes) is 2. The number of carboxylic acids is 1. The number of carboxylic acid groups (broad SMARTS) is 1. The Morgan fingerprint density at radius 1 is 1.04 bits per heavy atom. The minimum Gasteiger partial charge on any atom is -0.480 e. The van der Waals surface area contributed by atoms with Crippen LogP contribution < -0.4 is 0 Å². The van der Waals surface area contributed by atoms with Gasteiger partial charge in [0.05, 0.1) is 6.42 Å². The molecule has 0 aromatic rings. The number of allylic oxidation sites excluding steroid dienone is 2. The summed E-state index contributed by atoms with van der Waals surface area (Å²) in [6, 6.07) is -1.65. The summed E-state index contributed by atoms with van der Waals surface area (Å²) in [4.78, 5) is 48.7. The number of ether oxygens (including phenoxy) is 1. The number of carbonyl (C=O) groups excluding carboxylic acids is 3. The number of amides is 2. The average molecular weight is 365 g/mol. The predicted octanol–water partition coefficient (Wildman–Crippen LogP) is 2.63. The zero-order valence-electron chi connectivity index (χ0n) is 15.3. The molecule has 144 valence electrons. The molecule has 26 heavy (non-hydrogen) atoms. The molecule has 0 radical (unpaired) electrons. The summed E-state index contributed by atoms with van der Waals surface area (Å²) < 4.78 is 4.77. The molecule has 0 rings (SSSR count). The van der Waals surface area contributed by atoms with Gasteiger partial charge < -0.3 is 9.84 Å². The molecule has 1 unspecified atom stereocenters. The summed E-state index contributed by atoms with van der Waals surface area (Å²) >= 11 is 0. The molecule has 1 N–H and O–H groups in total. The number of nitrogens with zero attached hydrogens (tertiary/aromatic N) is 1. The second-order valence-corrected chi connectivity index (χ2v) is 5.46. The van der Waals surface area contributed by atoms with Gasteiger partial charge in [0, 0.05) is 0 Å². The summed E-state index contributed by atoms with van der Waals surface area (Å²) in [5.41, 5.74) is 0. The quantitative estimate of drug-likeness (QED) is 0.324. The van der Waals surface area contributed by atoms with E-state index < -0.39 is 36.2 Å². The van der Waals surface area contributed by atoms with Crippen LogP contribution in [0.25, 0.3) is 0 Å². The molecule has 0 saturated heterocycles. The molecule has 1 atom stereocenters. The van der Waals surface area contributed by atoms with Gasteiger partial charge in [-0.2, -0.15) is 0 Å². The van der Waals surface area contributed by atoms with Crippen LogP contribution in [0.4, 0.5) is 0 Å². The van der Waals surface area contributed by atoms with Crippen LogP contribution in [0.3, 0.4) is 0 Å². The topological polar surface area (TPSA) is 101 Å². The van der Waals surface area contributed by atoms with Crippen LogP contribution >= 0.6 is 0 Å². The van der Waals surface area contributed by atoms with Crippen molar-refractivity contribution in [2.75, 3.05) is 6.61 Å². The van der Waals surface area contributed by atoms with Crippen molar-refractivity contribution in [3.8, 4) is 0 Å². The molecular weight excluding hydrogens is 338 g/mol. The second kappa shape index (κ2) is 13.6. The van der Waals surface area contributed by atoms with E-state index in [4.69, 9.17) is 4.74 Å². The Kier molecular flexibility index (Phi) is 12.2. The van der Waals surface area contributed by atoms with Crippen molar-refractivity contribution < 1.29 is 29.0 Å². The van der Waals surface area contributed by atoms with Gasteiger partial charge in [-0.05, 0) is 25.0 Å². The maximum Gasteiger partial charge on any atom is 0.327 e. The minimum atomic E-state index is -1.65. The smallest absolute Gasteiger partial charge is 0.327 e. The summed E-state index contributed by atoms with van der Waals surface area (Å²) in [6.07, 6.45) is 8.94. The molecule has 7 nitrogen and oxygen atoms in total. The first-order valence-corrected chi connectivity index (χ1v) is 8.58. The van der Waals surface area contributed by atoms with E-state index in [0.29, 0.717) is 17.7 Å². The molecule has 0 saturated carbocycles. The number of imide groups is 1. The maximum atomic E-state index is 12.4. The fourth-order valence-electron chi connectivity index (χ4n) is 1.94.